The van der Waals surface area contributed by atoms with Crippen molar-refractivity contribution in [3.63, 3.8) is 0 Å². The van der Waals surface area contributed by atoms with Crippen LogP contribution in [0, 0.1) is 6.92 Å². The number of nitrogens with zero attached hydrogens (tertiary/aromatic N) is 1. The zero-order chi connectivity index (χ0) is 26.1. The second-order valence-electron chi connectivity index (χ2n) is 8.65. The molecule has 0 aliphatic carbocycles. The highest BCUT2D eigenvalue weighted by atomic mass is 35.5. The maximum Gasteiger partial charge on any atom is 0.335 e. The van der Waals surface area contributed by atoms with Gasteiger partial charge in [0.25, 0.3) is 11.8 Å². The van der Waals surface area contributed by atoms with Gasteiger partial charge in [-0.05, 0) is 61.7 Å². The molecule has 0 saturated carbocycles. The monoisotopic (exact) mass is 512 g/mol. The number of benzene rings is 2. The van der Waals surface area contributed by atoms with Gasteiger partial charge < -0.3 is 9.47 Å². The van der Waals surface area contributed by atoms with Crippen molar-refractivity contribution in [2.75, 3.05) is 18.1 Å². The van der Waals surface area contributed by atoms with E-state index in [0.29, 0.717) is 35.3 Å². The van der Waals surface area contributed by atoms with E-state index in [1.807, 2.05) is 13.8 Å². The Kier molecular flexibility index (Phi) is 9.94. The Morgan fingerprint density at radius 2 is 1.67 bits per heavy atom. The number of barbiturate groups is 1. The van der Waals surface area contributed by atoms with Crippen LogP contribution in [0.1, 0.15) is 63.5 Å². The maximum absolute atomic E-state index is 13.2. The second-order valence-corrected chi connectivity index (χ2v) is 9.05. The lowest BCUT2D eigenvalue weighted by atomic mass is 10.1. The van der Waals surface area contributed by atoms with E-state index in [2.05, 4.69) is 12.2 Å². The third-order valence-corrected chi connectivity index (χ3v) is 6.26. The summed E-state index contributed by atoms with van der Waals surface area (Å²) in [6.45, 7) is 6.91. The van der Waals surface area contributed by atoms with Crippen molar-refractivity contribution in [3.05, 3.63) is 58.1 Å². The average molecular weight is 513 g/mol. The zero-order valence-corrected chi connectivity index (χ0v) is 21.8. The number of ether oxygens (including phenoxy) is 2. The molecular formula is C28H33ClN2O5. The predicted octanol–water partition coefficient (Wildman–Crippen LogP) is 6.45. The number of anilines is 1. The quantitative estimate of drug-likeness (QED) is 0.200. The summed E-state index contributed by atoms with van der Waals surface area (Å²) in [5, 5.41) is 2.64. The van der Waals surface area contributed by atoms with Gasteiger partial charge in [0.05, 0.1) is 18.9 Å². The fraction of sp³-hybridized carbons (Fsp3) is 0.393. The molecule has 0 unspecified atom stereocenters. The minimum atomic E-state index is -0.824. The number of hydrogen-bond donors (Lipinski definition) is 1. The van der Waals surface area contributed by atoms with Crippen molar-refractivity contribution >= 4 is 41.2 Å². The molecule has 0 aromatic heterocycles. The highest BCUT2D eigenvalue weighted by molar-refractivity contribution is 6.39. The fourth-order valence-electron chi connectivity index (χ4n) is 3.85. The van der Waals surface area contributed by atoms with Gasteiger partial charge in [-0.1, -0.05) is 62.8 Å². The van der Waals surface area contributed by atoms with Gasteiger partial charge in [-0.2, -0.15) is 0 Å². The summed E-state index contributed by atoms with van der Waals surface area (Å²) in [6.07, 6.45) is 8.45. The number of urea groups is 1. The summed E-state index contributed by atoms with van der Waals surface area (Å²) in [6, 6.07) is 9.24. The van der Waals surface area contributed by atoms with E-state index in [0.717, 1.165) is 23.3 Å². The van der Waals surface area contributed by atoms with Crippen LogP contribution in [0.4, 0.5) is 10.5 Å². The van der Waals surface area contributed by atoms with Crippen molar-refractivity contribution in [2.45, 2.75) is 59.3 Å². The van der Waals surface area contributed by atoms with Gasteiger partial charge >= 0.3 is 6.03 Å². The number of carbonyl (C=O) groups is 3. The number of unbranched alkanes of at least 4 members (excludes halogenated alkanes) is 5. The predicted molar refractivity (Wildman–Crippen MR) is 142 cm³/mol. The molecule has 0 radical (unpaired) electrons. The number of aryl methyl sites for hydroxylation is 1. The molecule has 192 valence electrons. The molecule has 1 fully saturated rings. The van der Waals surface area contributed by atoms with E-state index in [1.54, 1.807) is 30.3 Å². The molecule has 1 aliphatic heterocycles. The standard InChI is InChI=1S/C28H33ClN2O5/c1-4-6-7-8-9-10-15-36-24-14-12-20(17-25(24)35-5-2)16-22-26(32)30-28(34)31(27(22)33)21-13-11-19(3)23(29)18-21/h11-14,16-18H,4-10,15H2,1-3H3,(H,30,32,34)/b22-16+. The lowest BCUT2D eigenvalue weighted by Crippen LogP contribution is -2.54. The van der Waals surface area contributed by atoms with Gasteiger partial charge in [0.1, 0.15) is 5.57 Å². The molecule has 1 N–H and O–H groups in total. The van der Waals surface area contributed by atoms with E-state index >= 15 is 0 Å². The molecule has 0 spiro atoms. The van der Waals surface area contributed by atoms with Gasteiger partial charge in [0, 0.05) is 5.02 Å². The number of amides is 4. The van der Waals surface area contributed by atoms with Gasteiger partial charge in [-0.3, -0.25) is 14.9 Å². The minimum absolute atomic E-state index is 0.172. The van der Waals surface area contributed by atoms with Crippen LogP contribution >= 0.6 is 11.6 Å². The molecule has 3 rings (SSSR count). The highest BCUT2D eigenvalue weighted by Crippen LogP contribution is 2.31. The molecule has 4 amide bonds. The molecule has 2 aromatic carbocycles. The summed E-state index contributed by atoms with van der Waals surface area (Å²) in [7, 11) is 0. The molecule has 7 nitrogen and oxygen atoms in total. The van der Waals surface area contributed by atoms with E-state index in [-0.39, 0.29) is 11.3 Å². The first-order valence-electron chi connectivity index (χ1n) is 12.4. The Morgan fingerprint density at radius 1 is 0.917 bits per heavy atom. The van der Waals surface area contributed by atoms with Crippen LogP contribution in [0.2, 0.25) is 5.02 Å². The van der Waals surface area contributed by atoms with Crippen molar-refractivity contribution in [1.82, 2.24) is 5.32 Å². The number of rotatable bonds is 12. The minimum Gasteiger partial charge on any atom is -0.490 e. The molecule has 36 heavy (non-hydrogen) atoms. The summed E-state index contributed by atoms with van der Waals surface area (Å²) < 4.78 is 11.7. The van der Waals surface area contributed by atoms with Crippen molar-refractivity contribution in [2.24, 2.45) is 0 Å². The first-order chi connectivity index (χ1) is 17.3. The van der Waals surface area contributed by atoms with Crippen LogP contribution in [0.25, 0.3) is 6.08 Å². The molecular weight excluding hydrogens is 480 g/mol. The van der Waals surface area contributed by atoms with Crippen LogP contribution in [0.5, 0.6) is 11.5 Å². The second kappa shape index (κ2) is 13.1. The zero-order valence-electron chi connectivity index (χ0n) is 21.1. The summed E-state index contributed by atoms with van der Waals surface area (Å²) >= 11 is 6.18. The SMILES string of the molecule is CCCCCCCCOc1ccc(/C=C2\C(=O)NC(=O)N(c3ccc(C)c(Cl)c3)C2=O)cc1OCC. The largest absolute Gasteiger partial charge is 0.490 e. The van der Waals surface area contributed by atoms with Crippen molar-refractivity contribution < 1.29 is 23.9 Å². The van der Waals surface area contributed by atoms with Gasteiger partial charge in [-0.15, -0.1) is 0 Å². The number of halogens is 1. The van der Waals surface area contributed by atoms with Crippen LogP contribution < -0.4 is 19.7 Å². The summed E-state index contributed by atoms with van der Waals surface area (Å²) in [5.41, 5.74) is 1.48. The Hall–Kier alpha value is -3.32. The Labute approximate surface area is 217 Å². The molecule has 0 atom stereocenters. The van der Waals surface area contributed by atoms with E-state index in [9.17, 15) is 14.4 Å². The first kappa shape index (κ1) is 27.3. The lowest BCUT2D eigenvalue weighted by molar-refractivity contribution is -0.122. The maximum atomic E-state index is 13.2. The lowest BCUT2D eigenvalue weighted by Gasteiger charge is -2.26. The number of nitrogens with one attached hydrogen (secondary N) is 1. The smallest absolute Gasteiger partial charge is 0.335 e. The Morgan fingerprint density at radius 3 is 2.39 bits per heavy atom. The molecule has 0 bridgehead atoms. The summed E-state index contributed by atoms with van der Waals surface area (Å²) in [5.74, 6) is -0.358. The third-order valence-electron chi connectivity index (χ3n) is 5.85. The number of hydrogen-bond acceptors (Lipinski definition) is 5. The van der Waals surface area contributed by atoms with Crippen LogP contribution in [0.3, 0.4) is 0 Å². The number of imide groups is 2. The third kappa shape index (κ3) is 6.88. The highest BCUT2D eigenvalue weighted by Gasteiger charge is 2.37. The van der Waals surface area contributed by atoms with E-state index < -0.39 is 17.8 Å². The normalized spacial score (nSPS) is 14.8. The topological polar surface area (TPSA) is 84.9 Å². The average Bonchev–Trinajstić information content (AvgIpc) is 2.84. The Balaban J connectivity index is 1.78. The molecule has 1 heterocycles. The van der Waals surface area contributed by atoms with Crippen LogP contribution in [0.15, 0.2) is 42.0 Å². The molecule has 1 aliphatic rings. The van der Waals surface area contributed by atoms with Crippen molar-refractivity contribution in [3.8, 4) is 11.5 Å². The van der Waals surface area contributed by atoms with Gasteiger partial charge in [-0.25, -0.2) is 9.69 Å². The Bertz CT molecular complexity index is 1140. The van der Waals surface area contributed by atoms with Crippen LogP contribution in [-0.4, -0.2) is 31.1 Å². The molecule has 1 saturated heterocycles. The molecule has 8 heteroatoms. The van der Waals surface area contributed by atoms with Crippen LogP contribution in [-0.2, 0) is 9.59 Å². The summed E-state index contributed by atoms with van der Waals surface area (Å²) in [4.78, 5) is 39.1. The van der Waals surface area contributed by atoms with Gasteiger partial charge in [0.15, 0.2) is 11.5 Å². The van der Waals surface area contributed by atoms with Crippen molar-refractivity contribution in [1.29, 1.82) is 0 Å². The first-order valence-corrected chi connectivity index (χ1v) is 12.8. The van der Waals surface area contributed by atoms with Gasteiger partial charge in [0.2, 0.25) is 0 Å². The van der Waals surface area contributed by atoms with E-state index in [1.165, 1.54) is 37.8 Å². The van der Waals surface area contributed by atoms with E-state index in [4.69, 9.17) is 21.1 Å². The molecule has 2 aromatic rings. The fourth-order valence-corrected chi connectivity index (χ4v) is 4.02. The number of carbonyl (C=O) groups excluding carboxylic acids is 3.